The zero-order valence-corrected chi connectivity index (χ0v) is 11.7. The number of aromatic nitrogens is 1. The van der Waals surface area contributed by atoms with Gasteiger partial charge in [-0.2, -0.15) is 0 Å². The van der Waals surface area contributed by atoms with E-state index in [9.17, 15) is 0 Å². The summed E-state index contributed by atoms with van der Waals surface area (Å²) in [6.07, 6.45) is 2.51. The minimum atomic E-state index is 0.00259. The number of ether oxygens (including phenoxy) is 1. The minimum absolute atomic E-state index is 0.00259. The standard InChI is InChI=1S/C15H19N3O2/c1-10(2)7-8-20-14-11-5-3-4-6-13(11)17-9-12(14)15(16)18-19/h3-6,9-10,19H,7-8H2,1-2H3,(H2,16,18). The summed E-state index contributed by atoms with van der Waals surface area (Å²) in [6.45, 7) is 4.86. The van der Waals surface area contributed by atoms with Gasteiger partial charge in [0.25, 0.3) is 0 Å². The van der Waals surface area contributed by atoms with E-state index in [-0.39, 0.29) is 5.84 Å². The van der Waals surface area contributed by atoms with Gasteiger partial charge in [0.1, 0.15) is 5.75 Å². The summed E-state index contributed by atoms with van der Waals surface area (Å²) in [6, 6.07) is 7.65. The van der Waals surface area contributed by atoms with Gasteiger partial charge in [0, 0.05) is 11.6 Å². The molecule has 5 heteroatoms. The molecule has 0 aliphatic carbocycles. The van der Waals surface area contributed by atoms with E-state index in [2.05, 4.69) is 24.0 Å². The maximum absolute atomic E-state index is 8.88. The molecule has 0 atom stereocenters. The van der Waals surface area contributed by atoms with Crippen molar-refractivity contribution < 1.29 is 9.94 Å². The molecule has 3 N–H and O–H groups in total. The number of nitrogens with two attached hydrogens (primary N) is 1. The van der Waals surface area contributed by atoms with Gasteiger partial charge in [0.05, 0.1) is 17.7 Å². The number of nitrogens with zero attached hydrogens (tertiary/aromatic N) is 2. The lowest BCUT2D eigenvalue weighted by Gasteiger charge is -2.14. The second-order valence-electron chi connectivity index (χ2n) is 5.03. The van der Waals surface area contributed by atoms with Crippen molar-refractivity contribution in [3.8, 4) is 5.75 Å². The van der Waals surface area contributed by atoms with Gasteiger partial charge < -0.3 is 15.7 Å². The fourth-order valence-electron chi connectivity index (χ4n) is 1.90. The van der Waals surface area contributed by atoms with Gasteiger partial charge in [0.15, 0.2) is 5.84 Å². The van der Waals surface area contributed by atoms with Gasteiger partial charge in [0.2, 0.25) is 0 Å². The highest BCUT2D eigenvalue weighted by atomic mass is 16.5. The van der Waals surface area contributed by atoms with Crippen molar-refractivity contribution in [3.05, 3.63) is 36.0 Å². The Morgan fingerprint density at radius 2 is 2.15 bits per heavy atom. The molecular weight excluding hydrogens is 254 g/mol. The zero-order valence-electron chi connectivity index (χ0n) is 11.7. The van der Waals surface area contributed by atoms with Crippen molar-refractivity contribution in [1.29, 1.82) is 0 Å². The molecule has 2 aromatic rings. The molecule has 0 saturated carbocycles. The van der Waals surface area contributed by atoms with E-state index in [0.717, 1.165) is 17.3 Å². The van der Waals surface area contributed by atoms with Gasteiger partial charge in [-0.1, -0.05) is 31.1 Å². The minimum Gasteiger partial charge on any atom is -0.492 e. The number of oxime groups is 1. The van der Waals surface area contributed by atoms with E-state index in [1.54, 1.807) is 6.20 Å². The Balaban J connectivity index is 2.45. The molecule has 5 nitrogen and oxygen atoms in total. The fraction of sp³-hybridized carbons (Fsp3) is 0.333. The molecule has 0 bridgehead atoms. The van der Waals surface area contributed by atoms with Crippen molar-refractivity contribution in [3.63, 3.8) is 0 Å². The average Bonchev–Trinajstić information content (AvgIpc) is 2.46. The third kappa shape index (κ3) is 2.99. The average molecular weight is 273 g/mol. The Labute approximate surface area is 118 Å². The van der Waals surface area contributed by atoms with E-state index < -0.39 is 0 Å². The number of pyridine rings is 1. The third-order valence-electron chi connectivity index (χ3n) is 3.05. The summed E-state index contributed by atoms with van der Waals surface area (Å²) in [5.41, 5.74) is 7.03. The topological polar surface area (TPSA) is 80.7 Å². The van der Waals surface area contributed by atoms with Crippen molar-refractivity contribution >= 4 is 16.7 Å². The van der Waals surface area contributed by atoms with Crippen molar-refractivity contribution in [2.75, 3.05) is 6.61 Å². The molecular formula is C15H19N3O2. The largest absolute Gasteiger partial charge is 0.492 e. The Bertz CT molecular complexity index is 624. The molecule has 0 saturated heterocycles. The highest BCUT2D eigenvalue weighted by molar-refractivity contribution is 6.04. The predicted molar refractivity (Wildman–Crippen MR) is 79.2 cm³/mol. The van der Waals surface area contributed by atoms with Crippen LogP contribution in [0.2, 0.25) is 0 Å². The lowest BCUT2D eigenvalue weighted by Crippen LogP contribution is -2.16. The van der Waals surface area contributed by atoms with E-state index in [1.165, 1.54) is 0 Å². The number of para-hydroxylation sites is 1. The molecule has 20 heavy (non-hydrogen) atoms. The van der Waals surface area contributed by atoms with Crippen LogP contribution >= 0.6 is 0 Å². The molecule has 0 aliphatic rings. The predicted octanol–water partition coefficient (Wildman–Crippen LogP) is 2.75. The first-order valence-corrected chi connectivity index (χ1v) is 6.62. The molecule has 0 aliphatic heterocycles. The quantitative estimate of drug-likeness (QED) is 0.380. The van der Waals surface area contributed by atoms with Gasteiger partial charge in [-0.25, -0.2) is 0 Å². The molecule has 2 rings (SSSR count). The van der Waals surface area contributed by atoms with Gasteiger partial charge in [-0.3, -0.25) is 4.98 Å². The number of benzene rings is 1. The lowest BCUT2D eigenvalue weighted by atomic mass is 10.1. The molecule has 0 spiro atoms. The van der Waals surface area contributed by atoms with Crippen LogP contribution in [0.15, 0.2) is 35.6 Å². The van der Waals surface area contributed by atoms with Crippen LogP contribution in [0.4, 0.5) is 0 Å². The summed E-state index contributed by atoms with van der Waals surface area (Å²) >= 11 is 0. The van der Waals surface area contributed by atoms with Crippen LogP contribution in [0.25, 0.3) is 10.9 Å². The van der Waals surface area contributed by atoms with Crippen molar-refractivity contribution in [1.82, 2.24) is 4.98 Å². The van der Waals surface area contributed by atoms with Crippen LogP contribution in [0.5, 0.6) is 5.75 Å². The first-order valence-electron chi connectivity index (χ1n) is 6.62. The molecule has 0 fully saturated rings. The van der Waals surface area contributed by atoms with Crippen LogP contribution < -0.4 is 10.5 Å². The number of fused-ring (bicyclic) bond motifs is 1. The zero-order chi connectivity index (χ0) is 14.5. The molecule has 106 valence electrons. The number of amidine groups is 1. The summed E-state index contributed by atoms with van der Waals surface area (Å²) < 4.78 is 5.87. The fourth-order valence-corrected chi connectivity index (χ4v) is 1.90. The van der Waals surface area contributed by atoms with Gasteiger partial charge >= 0.3 is 0 Å². The summed E-state index contributed by atoms with van der Waals surface area (Å²) in [5.74, 6) is 1.17. The monoisotopic (exact) mass is 273 g/mol. The SMILES string of the molecule is CC(C)CCOc1c(/C(N)=N/O)cnc2ccccc12. The molecule has 0 amide bonds. The molecule has 1 heterocycles. The van der Waals surface area contributed by atoms with Crippen molar-refractivity contribution in [2.24, 2.45) is 16.8 Å². The molecule has 0 radical (unpaired) electrons. The van der Waals surface area contributed by atoms with Crippen LogP contribution in [-0.2, 0) is 0 Å². The number of hydrogen-bond acceptors (Lipinski definition) is 4. The number of hydrogen-bond donors (Lipinski definition) is 2. The van der Waals surface area contributed by atoms with E-state index >= 15 is 0 Å². The van der Waals surface area contributed by atoms with Crippen LogP contribution in [0, 0.1) is 5.92 Å². The van der Waals surface area contributed by atoms with Gasteiger partial charge in [-0.05, 0) is 24.5 Å². The van der Waals surface area contributed by atoms with Gasteiger partial charge in [-0.15, -0.1) is 0 Å². The highest BCUT2D eigenvalue weighted by Crippen LogP contribution is 2.28. The Kier molecular flexibility index (Phi) is 4.40. The van der Waals surface area contributed by atoms with Crippen molar-refractivity contribution in [2.45, 2.75) is 20.3 Å². The first kappa shape index (κ1) is 14.1. The van der Waals surface area contributed by atoms with E-state index in [1.807, 2.05) is 24.3 Å². The Hall–Kier alpha value is -2.30. The third-order valence-corrected chi connectivity index (χ3v) is 3.05. The number of rotatable bonds is 5. The van der Waals surface area contributed by atoms with E-state index in [0.29, 0.717) is 23.8 Å². The Morgan fingerprint density at radius 3 is 2.85 bits per heavy atom. The molecule has 1 aromatic heterocycles. The lowest BCUT2D eigenvalue weighted by molar-refractivity contribution is 0.291. The highest BCUT2D eigenvalue weighted by Gasteiger charge is 2.13. The first-order chi connectivity index (χ1) is 9.63. The normalized spacial score (nSPS) is 12.1. The summed E-state index contributed by atoms with van der Waals surface area (Å²) in [5, 5.41) is 12.8. The Morgan fingerprint density at radius 1 is 1.40 bits per heavy atom. The molecule has 0 unspecified atom stereocenters. The van der Waals surface area contributed by atoms with E-state index in [4.69, 9.17) is 15.7 Å². The summed E-state index contributed by atoms with van der Waals surface area (Å²) in [4.78, 5) is 4.30. The maximum Gasteiger partial charge on any atom is 0.175 e. The summed E-state index contributed by atoms with van der Waals surface area (Å²) in [7, 11) is 0. The molecule has 1 aromatic carbocycles. The second-order valence-corrected chi connectivity index (χ2v) is 5.03. The second kappa shape index (κ2) is 6.23. The van der Waals surface area contributed by atoms with Crippen LogP contribution in [0.1, 0.15) is 25.8 Å². The van der Waals surface area contributed by atoms with Crippen LogP contribution in [0.3, 0.4) is 0 Å². The smallest absolute Gasteiger partial charge is 0.175 e. The maximum atomic E-state index is 8.88. The van der Waals surface area contributed by atoms with Crippen LogP contribution in [-0.4, -0.2) is 22.6 Å².